The van der Waals surface area contributed by atoms with Crippen molar-refractivity contribution in [3.63, 3.8) is 0 Å². The number of hydrogen-bond acceptors (Lipinski definition) is 3. The van der Waals surface area contributed by atoms with Crippen LogP contribution in [0.25, 0.3) is 0 Å². The fourth-order valence-corrected chi connectivity index (χ4v) is 2.91. The van der Waals surface area contributed by atoms with Crippen molar-refractivity contribution in [3.8, 4) is 0 Å². The molecule has 1 amide bonds. The number of nitrogens with one attached hydrogen (secondary N) is 1. The summed E-state index contributed by atoms with van der Waals surface area (Å²) < 4.78 is 0. The van der Waals surface area contributed by atoms with E-state index >= 15 is 0 Å². The fourth-order valence-electron chi connectivity index (χ4n) is 2.91. The number of carboxylic acids is 1. The van der Waals surface area contributed by atoms with Gasteiger partial charge in [0.15, 0.2) is 0 Å². The highest BCUT2D eigenvalue weighted by Crippen LogP contribution is 2.14. The summed E-state index contributed by atoms with van der Waals surface area (Å²) in [6, 6.07) is 16.4. The number of rotatable bonds is 9. The van der Waals surface area contributed by atoms with Gasteiger partial charge in [0.05, 0.1) is 5.56 Å². The predicted octanol–water partition coefficient (Wildman–Crippen LogP) is 4.01. The van der Waals surface area contributed by atoms with Gasteiger partial charge in [-0.3, -0.25) is 9.69 Å². The Morgan fingerprint density at radius 2 is 1.85 bits per heavy atom. The van der Waals surface area contributed by atoms with Crippen LogP contribution in [0.5, 0.6) is 0 Å². The molecule has 0 aliphatic carbocycles. The van der Waals surface area contributed by atoms with Gasteiger partial charge in [-0.2, -0.15) is 0 Å². The Bertz CT molecular complexity index is 731. The molecule has 138 valence electrons. The molecule has 0 radical (unpaired) electrons. The monoisotopic (exact) mass is 354 g/mol. The highest BCUT2D eigenvalue weighted by Gasteiger charge is 2.17. The number of para-hydroxylation sites is 1. The third kappa shape index (κ3) is 6.01. The van der Waals surface area contributed by atoms with Gasteiger partial charge in [0.25, 0.3) is 0 Å². The van der Waals surface area contributed by atoms with Gasteiger partial charge in [0, 0.05) is 24.7 Å². The van der Waals surface area contributed by atoms with Crippen LogP contribution in [0, 0.1) is 0 Å². The Morgan fingerprint density at radius 3 is 2.50 bits per heavy atom. The van der Waals surface area contributed by atoms with E-state index in [-0.39, 0.29) is 17.5 Å². The molecule has 0 aliphatic rings. The topological polar surface area (TPSA) is 69.6 Å². The van der Waals surface area contributed by atoms with Crippen LogP contribution >= 0.6 is 0 Å². The van der Waals surface area contributed by atoms with Gasteiger partial charge in [-0.25, -0.2) is 4.79 Å². The van der Waals surface area contributed by atoms with E-state index in [9.17, 15) is 9.59 Å². The number of hydrogen-bond donors (Lipinski definition) is 2. The van der Waals surface area contributed by atoms with E-state index in [0.717, 1.165) is 24.2 Å². The van der Waals surface area contributed by atoms with Crippen molar-refractivity contribution in [2.45, 2.75) is 39.3 Å². The van der Waals surface area contributed by atoms with Crippen molar-refractivity contribution < 1.29 is 14.7 Å². The average Bonchev–Trinajstić information content (AvgIpc) is 2.62. The molecule has 0 spiro atoms. The van der Waals surface area contributed by atoms with Crippen molar-refractivity contribution in [1.29, 1.82) is 0 Å². The summed E-state index contributed by atoms with van der Waals surface area (Å²) in [5, 5.41) is 12.1. The third-order valence-corrected chi connectivity index (χ3v) is 4.23. The van der Waals surface area contributed by atoms with Gasteiger partial charge < -0.3 is 10.4 Å². The minimum absolute atomic E-state index is 0.0240. The van der Waals surface area contributed by atoms with Crippen LogP contribution in [0.4, 0.5) is 5.69 Å². The smallest absolute Gasteiger partial charge is 0.335 e. The van der Waals surface area contributed by atoms with Gasteiger partial charge in [0.2, 0.25) is 5.91 Å². The van der Waals surface area contributed by atoms with Crippen molar-refractivity contribution in [2.24, 2.45) is 0 Å². The largest absolute Gasteiger partial charge is 0.478 e. The minimum atomic E-state index is -0.927. The lowest BCUT2D eigenvalue weighted by Gasteiger charge is -2.28. The zero-order valence-electron chi connectivity index (χ0n) is 15.3. The van der Waals surface area contributed by atoms with E-state index in [2.05, 4.69) is 17.1 Å². The van der Waals surface area contributed by atoms with Crippen LogP contribution in [-0.4, -0.2) is 34.5 Å². The Kier molecular flexibility index (Phi) is 7.36. The van der Waals surface area contributed by atoms with Crippen LogP contribution in [0.15, 0.2) is 54.6 Å². The first-order valence-corrected chi connectivity index (χ1v) is 8.90. The molecule has 5 nitrogen and oxygen atoms in total. The lowest BCUT2D eigenvalue weighted by atomic mass is 10.1. The highest BCUT2D eigenvalue weighted by atomic mass is 16.4. The number of benzene rings is 2. The standard InChI is InChI=1S/C21H26N2O3/c1-3-12-23(15-17-8-7-9-18(14-17)21(25)26)16(2)13-20(24)22-19-10-5-4-6-11-19/h4-11,14,16H,3,12-13,15H2,1-2H3,(H,22,24)(H,25,26). The fraction of sp³-hybridized carbons (Fsp3) is 0.333. The molecule has 0 fully saturated rings. The molecule has 2 aromatic carbocycles. The van der Waals surface area contributed by atoms with Gasteiger partial charge >= 0.3 is 5.97 Å². The molecule has 2 N–H and O–H groups in total. The second kappa shape index (κ2) is 9.73. The van der Waals surface area contributed by atoms with E-state index in [1.807, 2.05) is 43.3 Å². The number of carbonyl (C=O) groups is 2. The number of amides is 1. The van der Waals surface area contributed by atoms with E-state index in [4.69, 9.17) is 5.11 Å². The van der Waals surface area contributed by atoms with Gasteiger partial charge in [-0.1, -0.05) is 37.3 Å². The molecule has 2 aromatic rings. The van der Waals surface area contributed by atoms with Crippen LogP contribution in [-0.2, 0) is 11.3 Å². The maximum Gasteiger partial charge on any atom is 0.335 e. The Hall–Kier alpha value is -2.66. The zero-order valence-corrected chi connectivity index (χ0v) is 15.3. The lowest BCUT2D eigenvalue weighted by Crippen LogP contribution is -2.36. The molecule has 0 bridgehead atoms. The molecule has 0 saturated heterocycles. The van der Waals surface area contributed by atoms with Crippen molar-refractivity contribution in [2.75, 3.05) is 11.9 Å². The van der Waals surface area contributed by atoms with E-state index in [1.54, 1.807) is 18.2 Å². The Labute approximate surface area is 154 Å². The molecule has 1 unspecified atom stereocenters. The van der Waals surface area contributed by atoms with Crippen LogP contribution in [0.3, 0.4) is 0 Å². The number of carboxylic acid groups (broad SMARTS) is 1. The van der Waals surface area contributed by atoms with Gasteiger partial charge in [-0.05, 0) is 49.7 Å². The predicted molar refractivity (Wildman–Crippen MR) is 103 cm³/mol. The van der Waals surface area contributed by atoms with E-state index < -0.39 is 5.97 Å². The summed E-state index contributed by atoms with van der Waals surface area (Å²) in [4.78, 5) is 25.7. The Balaban J connectivity index is 2.00. The summed E-state index contributed by atoms with van der Waals surface area (Å²) in [6.45, 7) is 5.59. The van der Waals surface area contributed by atoms with Crippen LogP contribution in [0.1, 0.15) is 42.6 Å². The number of aromatic carboxylic acids is 1. The van der Waals surface area contributed by atoms with Crippen LogP contribution < -0.4 is 5.32 Å². The summed E-state index contributed by atoms with van der Waals surface area (Å²) >= 11 is 0. The second-order valence-corrected chi connectivity index (χ2v) is 6.44. The SMILES string of the molecule is CCCN(Cc1cccc(C(=O)O)c1)C(C)CC(=O)Nc1ccccc1. The van der Waals surface area contributed by atoms with Crippen LogP contribution in [0.2, 0.25) is 0 Å². The van der Waals surface area contributed by atoms with Gasteiger partial charge in [-0.15, -0.1) is 0 Å². The summed E-state index contributed by atoms with van der Waals surface area (Å²) in [6.07, 6.45) is 1.34. The zero-order chi connectivity index (χ0) is 18.9. The molecule has 0 aliphatic heterocycles. The number of carbonyl (C=O) groups excluding carboxylic acids is 1. The van der Waals surface area contributed by atoms with E-state index in [1.165, 1.54) is 0 Å². The molecule has 0 aromatic heterocycles. The van der Waals surface area contributed by atoms with E-state index in [0.29, 0.717) is 13.0 Å². The number of nitrogens with zero attached hydrogens (tertiary/aromatic N) is 1. The molecular weight excluding hydrogens is 328 g/mol. The summed E-state index contributed by atoms with van der Waals surface area (Å²) in [7, 11) is 0. The first-order chi connectivity index (χ1) is 12.5. The summed E-state index contributed by atoms with van der Waals surface area (Å²) in [5.74, 6) is -0.951. The lowest BCUT2D eigenvalue weighted by molar-refractivity contribution is -0.117. The average molecular weight is 354 g/mol. The minimum Gasteiger partial charge on any atom is -0.478 e. The first-order valence-electron chi connectivity index (χ1n) is 8.90. The van der Waals surface area contributed by atoms with Crippen molar-refractivity contribution in [1.82, 2.24) is 4.90 Å². The molecule has 1 atom stereocenters. The van der Waals surface area contributed by atoms with Gasteiger partial charge in [0.1, 0.15) is 0 Å². The molecule has 26 heavy (non-hydrogen) atoms. The molecule has 2 rings (SSSR count). The molecule has 5 heteroatoms. The number of anilines is 1. The van der Waals surface area contributed by atoms with Crippen molar-refractivity contribution >= 4 is 17.6 Å². The first kappa shape index (κ1) is 19.7. The summed E-state index contributed by atoms with van der Waals surface area (Å²) in [5.41, 5.74) is 2.02. The highest BCUT2D eigenvalue weighted by molar-refractivity contribution is 5.91. The maximum absolute atomic E-state index is 12.3. The quantitative estimate of drug-likeness (QED) is 0.714. The molecule has 0 heterocycles. The normalized spacial score (nSPS) is 12.0. The Morgan fingerprint density at radius 1 is 1.12 bits per heavy atom. The second-order valence-electron chi connectivity index (χ2n) is 6.44. The third-order valence-electron chi connectivity index (χ3n) is 4.23. The molecule has 0 saturated carbocycles. The maximum atomic E-state index is 12.3. The molecular formula is C21H26N2O3. The van der Waals surface area contributed by atoms with Crippen molar-refractivity contribution in [3.05, 3.63) is 65.7 Å².